The van der Waals surface area contributed by atoms with Gasteiger partial charge in [0, 0.05) is 6.54 Å². The highest BCUT2D eigenvalue weighted by molar-refractivity contribution is 5.71. The smallest absolute Gasteiger partial charge is 0.410 e. The molecule has 1 fully saturated rings. The van der Waals surface area contributed by atoms with Crippen molar-refractivity contribution in [2.24, 2.45) is 0 Å². The molecule has 1 saturated carbocycles. The lowest BCUT2D eigenvalue weighted by atomic mass is 9.88. The topological polar surface area (TPSA) is 67.9 Å². The van der Waals surface area contributed by atoms with Crippen molar-refractivity contribution < 1.29 is 23.5 Å². The number of nitrogens with zero attached hydrogens (tertiary/aromatic N) is 1. The summed E-state index contributed by atoms with van der Waals surface area (Å²) in [4.78, 5) is 27.0. The van der Waals surface area contributed by atoms with Gasteiger partial charge in [0.2, 0.25) is 0 Å². The number of ether oxygens (including phenoxy) is 2. The molecule has 2 aromatic carbocycles. The van der Waals surface area contributed by atoms with Gasteiger partial charge in [-0.15, -0.1) is 0 Å². The second-order valence-electron chi connectivity index (χ2n) is 9.35. The SMILES string of the molecule is CC(C)(C)OC(=O)NC1CC[C@@H]1OC(=O)N1CCc2ccccc2[C@@H]1c1ccc(F)cc1. The minimum atomic E-state index is -0.594. The molecule has 1 aliphatic carbocycles. The first-order valence-electron chi connectivity index (χ1n) is 11.0. The Morgan fingerprint density at radius 2 is 1.78 bits per heavy atom. The standard InChI is InChI=1S/C25H29FN2O4/c1-25(2,3)32-23(29)27-20-12-13-21(20)31-24(30)28-15-14-16-6-4-5-7-19(16)22(28)17-8-10-18(26)11-9-17/h4-11,20-22H,12-15H2,1-3H3,(H,27,29)/t20?,21-,22-/m0/s1. The first kappa shape index (κ1) is 22.1. The van der Waals surface area contributed by atoms with Crippen LogP contribution in [0.5, 0.6) is 0 Å². The van der Waals surface area contributed by atoms with Gasteiger partial charge in [-0.3, -0.25) is 4.90 Å². The summed E-state index contributed by atoms with van der Waals surface area (Å²) in [5.41, 5.74) is 2.41. The van der Waals surface area contributed by atoms with Gasteiger partial charge in [-0.2, -0.15) is 0 Å². The predicted octanol–water partition coefficient (Wildman–Crippen LogP) is 4.97. The van der Waals surface area contributed by atoms with Crippen molar-refractivity contribution in [3.05, 3.63) is 71.0 Å². The van der Waals surface area contributed by atoms with E-state index in [1.807, 2.05) is 18.2 Å². The van der Waals surface area contributed by atoms with Gasteiger partial charge in [0.1, 0.15) is 17.5 Å². The molecule has 2 aliphatic rings. The van der Waals surface area contributed by atoms with Crippen molar-refractivity contribution in [2.45, 2.75) is 63.8 Å². The van der Waals surface area contributed by atoms with E-state index in [-0.39, 0.29) is 17.9 Å². The van der Waals surface area contributed by atoms with Crippen molar-refractivity contribution >= 4 is 12.2 Å². The number of carbonyl (C=O) groups excluding carboxylic acids is 2. The van der Waals surface area contributed by atoms with Crippen LogP contribution in [0.2, 0.25) is 0 Å². The average molecular weight is 441 g/mol. The molecule has 3 atom stereocenters. The first-order chi connectivity index (χ1) is 15.2. The molecule has 1 aliphatic heterocycles. The molecule has 0 bridgehead atoms. The normalized spacial score (nSPS) is 22.4. The van der Waals surface area contributed by atoms with Crippen LogP contribution in [0.4, 0.5) is 14.0 Å². The largest absolute Gasteiger partial charge is 0.444 e. The number of benzene rings is 2. The summed E-state index contributed by atoms with van der Waals surface area (Å²) in [5, 5.41) is 2.80. The maximum Gasteiger partial charge on any atom is 0.410 e. The minimum absolute atomic E-state index is 0.268. The van der Waals surface area contributed by atoms with Gasteiger partial charge >= 0.3 is 12.2 Å². The van der Waals surface area contributed by atoms with E-state index in [0.29, 0.717) is 19.4 Å². The summed E-state index contributed by atoms with van der Waals surface area (Å²) in [6.07, 6.45) is 0.766. The summed E-state index contributed by atoms with van der Waals surface area (Å²) >= 11 is 0. The third-order valence-corrected chi connectivity index (χ3v) is 5.87. The molecule has 32 heavy (non-hydrogen) atoms. The molecule has 0 saturated heterocycles. The van der Waals surface area contributed by atoms with Crippen LogP contribution < -0.4 is 5.32 Å². The average Bonchev–Trinajstić information content (AvgIpc) is 2.73. The molecule has 0 aromatic heterocycles. The first-order valence-corrected chi connectivity index (χ1v) is 11.0. The zero-order valence-electron chi connectivity index (χ0n) is 18.6. The van der Waals surface area contributed by atoms with Crippen LogP contribution in [0.25, 0.3) is 0 Å². The summed E-state index contributed by atoms with van der Waals surface area (Å²) in [6.45, 7) is 5.90. The summed E-state index contributed by atoms with van der Waals surface area (Å²) in [5.74, 6) is -0.322. The predicted molar refractivity (Wildman–Crippen MR) is 118 cm³/mol. The second kappa shape index (κ2) is 8.81. The van der Waals surface area contributed by atoms with Gasteiger partial charge in [-0.1, -0.05) is 36.4 Å². The highest BCUT2D eigenvalue weighted by Crippen LogP contribution is 2.36. The number of alkyl carbamates (subject to hydrolysis) is 1. The molecule has 1 heterocycles. The Balaban J connectivity index is 1.48. The number of fused-ring (bicyclic) bond motifs is 1. The number of amides is 2. The lowest BCUT2D eigenvalue weighted by Gasteiger charge is -2.41. The van der Waals surface area contributed by atoms with E-state index in [1.54, 1.807) is 37.8 Å². The van der Waals surface area contributed by atoms with E-state index in [9.17, 15) is 14.0 Å². The number of rotatable bonds is 3. The minimum Gasteiger partial charge on any atom is -0.444 e. The Hall–Kier alpha value is -3.09. The quantitative estimate of drug-likeness (QED) is 0.732. The Labute approximate surface area is 187 Å². The lowest BCUT2D eigenvalue weighted by Crippen LogP contribution is -2.54. The Morgan fingerprint density at radius 3 is 2.44 bits per heavy atom. The van der Waals surface area contributed by atoms with E-state index in [4.69, 9.17) is 9.47 Å². The van der Waals surface area contributed by atoms with Gasteiger partial charge in [-0.05, 0) is 68.9 Å². The van der Waals surface area contributed by atoms with E-state index in [1.165, 1.54) is 17.7 Å². The van der Waals surface area contributed by atoms with Gasteiger partial charge in [0.15, 0.2) is 0 Å². The van der Waals surface area contributed by atoms with Gasteiger partial charge in [0.25, 0.3) is 0 Å². The third-order valence-electron chi connectivity index (χ3n) is 5.87. The molecule has 1 unspecified atom stereocenters. The highest BCUT2D eigenvalue weighted by atomic mass is 19.1. The fourth-order valence-electron chi connectivity index (χ4n) is 4.20. The molecular formula is C25H29FN2O4. The fraction of sp³-hybridized carbons (Fsp3) is 0.440. The Kier molecular flexibility index (Phi) is 6.09. The van der Waals surface area contributed by atoms with E-state index >= 15 is 0 Å². The van der Waals surface area contributed by atoms with Crippen LogP contribution in [0.1, 0.15) is 56.3 Å². The monoisotopic (exact) mass is 440 g/mol. The number of carbonyl (C=O) groups is 2. The molecule has 6 nitrogen and oxygen atoms in total. The molecule has 4 rings (SSSR count). The summed E-state index contributed by atoms with van der Waals surface area (Å²) < 4.78 is 24.6. The van der Waals surface area contributed by atoms with Crippen molar-refractivity contribution in [3.63, 3.8) is 0 Å². The number of hydrogen-bond acceptors (Lipinski definition) is 4. The lowest BCUT2D eigenvalue weighted by molar-refractivity contribution is -0.00965. The van der Waals surface area contributed by atoms with E-state index in [2.05, 4.69) is 11.4 Å². The van der Waals surface area contributed by atoms with Crippen LogP contribution in [-0.2, 0) is 15.9 Å². The van der Waals surface area contributed by atoms with E-state index in [0.717, 1.165) is 17.5 Å². The molecule has 170 valence electrons. The number of nitrogens with one attached hydrogen (secondary N) is 1. The fourth-order valence-corrected chi connectivity index (χ4v) is 4.20. The number of halogens is 1. The molecule has 2 aromatic rings. The second-order valence-corrected chi connectivity index (χ2v) is 9.35. The molecular weight excluding hydrogens is 411 g/mol. The molecule has 0 spiro atoms. The van der Waals surface area contributed by atoms with Crippen LogP contribution in [0.3, 0.4) is 0 Å². The summed E-state index contributed by atoms with van der Waals surface area (Å²) in [7, 11) is 0. The Bertz CT molecular complexity index is 986. The molecule has 7 heteroatoms. The number of hydrogen-bond donors (Lipinski definition) is 1. The highest BCUT2D eigenvalue weighted by Gasteiger charge is 2.40. The van der Waals surface area contributed by atoms with Crippen molar-refractivity contribution in [1.29, 1.82) is 0 Å². The van der Waals surface area contributed by atoms with Crippen LogP contribution in [0, 0.1) is 5.82 Å². The molecule has 1 N–H and O–H groups in total. The summed E-state index contributed by atoms with van der Waals surface area (Å²) in [6, 6.07) is 13.6. The maximum absolute atomic E-state index is 13.5. The van der Waals surface area contributed by atoms with Crippen LogP contribution in [0.15, 0.2) is 48.5 Å². The van der Waals surface area contributed by atoms with Crippen molar-refractivity contribution in [1.82, 2.24) is 10.2 Å². The Morgan fingerprint density at radius 1 is 1.06 bits per heavy atom. The molecule has 0 radical (unpaired) electrons. The van der Waals surface area contributed by atoms with Crippen LogP contribution >= 0.6 is 0 Å². The maximum atomic E-state index is 13.5. The molecule has 2 amide bonds. The zero-order valence-corrected chi connectivity index (χ0v) is 18.6. The van der Waals surface area contributed by atoms with Crippen LogP contribution in [-0.4, -0.2) is 41.4 Å². The zero-order chi connectivity index (χ0) is 22.9. The van der Waals surface area contributed by atoms with Crippen molar-refractivity contribution in [2.75, 3.05) is 6.54 Å². The van der Waals surface area contributed by atoms with Gasteiger partial charge in [0.05, 0.1) is 12.1 Å². The van der Waals surface area contributed by atoms with Crippen molar-refractivity contribution in [3.8, 4) is 0 Å². The van der Waals surface area contributed by atoms with E-state index < -0.39 is 23.9 Å². The van der Waals surface area contributed by atoms with Gasteiger partial charge < -0.3 is 14.8 Å². The van der Waals surface area contributed by atoms with Gasteiger partial charge in [-0.25, -0.2) is 14.0 Å². The third kappa shape index (κ3) is 4.87.